The summed E-state index contributed by atoms with van der Waals surface area (Å²) in [5.74, 6) is 2.08. The molecular formula is C15H18BrClN2O. The summed E-state index contributed by atoms with van der Waals surface area (Å²) in [6.07, 6.45) is 2.50. The normalized spacial score (nSPS) is 11.2. The summed E-state index contributed by atoms with van der Waals surface area (Å²) in [6, 6.07) is 5.68. The van der Waals surface area contributed by atoms with Crippen molar-refractivity contribution in [3.8, 4) is 11.3 Å². The molecule has 20 heavy (non-hydrogen) atoms. The van der Waals surface area contributed by atoms with Crippen molar-refractivity contribution in [2.75, 3.05) is 13.1 Å². The van der Waals surface area contributed by atoms with Crippen molar-refractivity contribution in [2.24, 2.45) is 5.92 Å². The van der Waals surface area contributed by atoms with Crippen molar-refractivity contribution < 1.29 is 4.42 Å². The zero-order valence-corrected chi connectivity index (χ0v) is 14.0. The maximum atomic E-state index is 6.18. The number of nitrogens with zero attached hydrogens (tertiary/aromatic N) is 1. The highest BCUT2D eigenvalue weighted by Gasteiger charge is 2.10. The van der Waals surface area contributed by atoms with Gasteiger partial charge in [0.05, 0.1) is 11.2 Å². The smallest absolute Gasteiger partial charge is 0.196 e. The van der Waals surface area contributed by atoms with Gasteiger partial charge in [0.2, 0.25) is 0 Å². The Bertz CT molecular complexity index is 569. The standard InChI is InChI=1S/C15H18BrClN2O/c1-10(2)8-18-6-5-15-19-9-14(20-15)12-7-11(16)3-4-13(12)17/h3-4,7,9-10,18H,5-6,8H2,1-2H3. The predicted molar refractivity (Wildman–Crippen MR) is 86.1 cm³/mol. The first-order valence-electron chi connectivity index (χ1n) is 6.67. The molecule has 1 aromatic heterocycles. The van der Waals surface area contributed by atoms with E-state index in [4.69, 9.17) is 16.0 Å². The fourth-order valence-corrected chi connectivity index (χ4v) is 2.39. The zero-order chi connectivity index (χ0) is 14.5. The molecule has 0 aliphatic carbocycles. The Morgan fingerprint density at radius 1 is 1.40 bits per heavy atom. The Morgan fingerprint density at radius 2 is 2.20 bits per heavy atom. The van der Waals surface area contributed by atoms with Crippen molar-refractivity contribution in [1.29, 1.82) is 0 Å². The molecule has 1 heterocycles. The van der Waals surface area contributed by atoms with Gasteiger partial charge in [-0.1, -0.05) is 41.4 Å². The van der Waals surface area contributed by atoms with Crippen LogP contribution < -0.4 is 5.32 Å². The quantitative estimate of drug-likeness (QED) is 0.771. The predicted octanol–water partition coefficient (Wildman–Crippen LogP) is 4.55. The molecule has 0 aliphatic rings. The summed E-state index contributed by atoms with van der Waals surface area (Å²) in [5.41, 5.74) is 0.856. The minimum Gasteiger partial charge on any atom is -0.441 e. The monoisotopic (exact) mass is 356 g/mol. The van der Waals surface area contributed by atoms with E-state index < -0.39 is 0 Å². The summed E-state index contributed by atoms with van der Waals surface area (Å²) in [7, 11) is 0. The summed E-state index contributed by atoms with van der Waals surface area (Å²) in [5, 5.41) is 4.03. The third-order valence-corrected chi connectivity index (χ3v) is 3.64. The summed E-state index contributed by atoms with van der Waals surface area (Å²) in [4.78, 5) is 4.30. The molecule has 0 fully saturated rings. The van der Waals surface area contributed by atoms with Gasteiger partial charge in [0.15, 0.2) is 11.7 Å². The van der Waals surface area contributed by atoms with Gasteiger partial charge in [-0.25, -0.2) is 4.98 Å². The van der Waals surface area contributed by atoms with Crippen LogP contribution in [0.3, 0.4) is 0 Å². The van der Waals surface area contributed by atoms with Crippen molar-refractivity contribution in [2.45, 2.75) is 20.3 Å². The molecule has 3 nitrogen and oxygen atoms in total. The third kappa shape index (κ3) is 4.33. The molecule has 0 unspecified atom stereocenters. The van der Waals surface area contributed by atoms with Gasteiger partial charge in [-0.15, -0.1) is 0 Å². The van der Waals surface area contributed by atoms with E-state index in [0.717, 1.165) is 35.4 Å². The lowest BCUT2D eigenvalue weighted by molar-refractivity contribution is 0.483. The lowest BCUT2D eigenvalue weighted by Crippen LogP contribution is -2.22. The Hall–Kier alpha value is -0.840. The Labute approximate surface area is 132 Å². The van der Waals surface area contributed by atoms with Crippen LogP contribution in [0.5, 0.6) is 0 Å². The van der Waals surface area contributed by atoms with E-state index in [2.05, 4.69) is 40.1 Å². The Balaban J connectivity index is 2.00. The van der Waals surface area contributed by atoms with Gasteiger partial charge in [-0.2, -0.15) is 0 Å². The number of halogens is 2. The van der Waals surface area contributed by atoms with Crippen LogP contribution in [0.1, 0.15) is 19.7 Å². The molecule has 1 aromatic carbocycles. The van der Waals surface area contributed by atoms with E-state index in [9.17, 15) is 0 Å². The van der Waals surface area contributed by atoms with Crippen molar-refractivity contribution in [3.05, 3.63) is 39.8 Å². The first-order chi connectivity index (χ1) is 9.56. The molecule has 2 rings (SSSR count). The van der Waals surface area contributed by atoms with Gasteiger partial charge in [-0.3, -0.25) is 0 Å². The summed E-state index contributed by atoms with van der Waals surface area (Å²) < 4.78 is 6.72. The number of benzene rings is 1. The first-order valence-corrected chi connectivity index (χ1v) is 7.84. The van der Waals surface area contributed by atoms with Gasteiger partial charge >= 0.3 is 0 Å². The maximum absolute atomic E-state index is 6.18. The van der Waals surface area contributed by atoms with Crippen LogP contribution in [-0.2, 0) is 6.42 Å². The van der Waals surface area contributed by atoms with E-state index >= 15 is 0 Å². The Morgan fingerprint density at radius 3 is 2.95 bits per heavy atom. The highest BCUT2D eigenvalue weighted by Crippen LogP contribution is 2.31. The van der Waals surface area contributed by atoms with Crippen LogP contribution in [0.25, 0.3) is 11.3 Å². The second-order valence-electron chi connectivity index (χ2n) is 5.09. The number of nitrogens with one attached hydrogen (secondary N) is 1. The van der Waals surface area contributed by atoms with Crippen LogP contribution >= 0.6 is 27.5 Å². The van der Waals surface area contributed by atoms with Crippen molar-refractivity contribution in [1.82, 2.24) is 10.3 Å². The molecule has 0 saturated heterocycles. The maximum Gasteiger partial charge on any atom is 0.196 e. The van der Waals surface area contributed by atoms with E-state index in [0.29, 0.717) is 16.7 Å². The van der Waals surface area contributed by atoms with Crippen molar-refractivity contribution in [3.63, 3.8) is 0 Å². The minimum atomic E-state index is 0.649. The van der Waals surface area contributed by atoms with E-state index in [-0.39, 0.29) is 0 Å². The van der Waals surface area contributed by atoms with Crippen LogP contribution in [0.2, 0.25) is 5.02 Å². The highest BCUT2D eigenvalue weighted by atomic mass is 79.9. The highest BCUT2D eigenvalue weighted by molar-refractivity contribution is 9.10. The first kappa shape index (κ1) is 15.5. The molecule has 0 atom stereocenters. The average molecular weight is 358 g/mol. The average Bonchev–Trinajstić information content (AvgIpc) is 2.86. The number of rotatable bonds is 6. The van der Waals surface area contributed by atoms with Crippen molar-refractivity contribution >= 4 is 27.5 Å². The molecule has 1 N–H and O–H groups in total. The number of hydrogen-bond acceptors (Lipinski definition) is 3. The fourth-order valence-electron chi connectivity index (χ4n) is 1.82. The van der Waals surface area contributed by atoms with E-state index in [1.54, 1.807) is 6.20 Å². The van der Waals surface area contributed by atoms with Gasteiger partial charge in [-0.05, 0) is 30.7 Å². The second kappa shape index (κ2) is 7.25. The SMILES string of the molecule is CC(C)CNCCc1ncc(-c2cc(Br)ccc2Cl)o1. The molecule has 2 aromatic rings. The molecule has 5 heteroatoms. The summed E-state index contributed by atoms with van der Waals surface area (Å²) in [6.45, 7) is 6.24. The molecule has 0 radical (unpaired) electrons. The largest absolute Gasteiger partial charge is 0.441 e. The molecule has 108 valence electrons. The molecular weight excluding hydrogens is 340 g/mol. The molecule has 0 aliphatic heterocycles. The third-order valence-electron chi connectivity index (χ3n) is 2.82. The molecule has 0 spiro atoms. The number of hydrogen-bond donors (Lipinski definition) is 1. The summed E-state index contributed by atoms with van der Waals surface area (Å²) >= 11 is 9.62. The van der Waals surface area contributed by atoms with Crippen LogP contribution in [0.15, 0.2) is 33.3 Å². The van der Waals surface area contributed by atoms with Gasteiger partial charge < -0.3 is 9.73 Å². The lowest BCUT2D eigenvalue weighted by atomic mass is 10.2. The number of aromatic nitrogens is 1. The molecule has 0 bridgehead atoms. The van der Waals surface area contributed by atoms with E-state index in [1.165, 1.54) is 0 Å². The van der Waals surface area contributed by atoms with Gasteiger partial charge in [0, 0.05) is 23.0 Å². The number of oxazole rings is 1. The minimum absolute atomic E-state index is 0.649. The van der Waals surface area contributed by atoms with Crippen LogP contribution in [-0.4, -0.2) is 18.1 Å². The second-order valence-corrected chi connectivity index (χ2v) is 6.41. The lowest BCUT2D eigenvalue weighted by Gasteiger charge is -2.05. The van der Waals surface area contributed by atoms with Crippen LogP contribution in [0.4, 0.5) is 0 Å². The fraction of sp³-hybridized carbons (Fsp3) is 0.400. The van der Waals surface area contributed by atoms with E-state index in [1.807, 2.05) is 18.2 Å². The van der Waals surface area contributed by atoms with Gasteiger partial charge in [0.1, 0.15) is 0 Å². The molecule has 0 saturated carbocycles. The molecule has 0 amide bonds. The zero-order valence-electron chi connectivity index (χ0n) is 11.6. The van der Waals surface area contributed by atoms with Crippen LogP contribution in [0, 0.1) is 5.92 Å². The topological polar surface area (TPSA) is 38.1 Å². The Kier molecular flexibility index (Phi) is 5.64. The van der Waals surface area contributed by atoms with Gasteiger partial charge in [0.25, 0.3) is 0 Å².